The highest BCUT2D eigenvalue weighted by atomic mass is 16.4. The Balaban J connectivity index is 1.92. The van der Waals surface area contributed by atoms with E-state index in [4.69, 9.17) is 10.8 Å². The second kappa shape index (κ2) is 6.78. The highest BCUT2D eigenvalue weighted by Crippen LogP contribution is 2.25. The van der Waals surface area contributed by atoms with Crippen LogP contribution in [0.2, 0.25) is 0 Å². The fourth-order valence-corrected chi connectivity index (χ4v) is 3.28. The third-order valence-corrected chi connectivity index (χ3v) is 4.38. The molecule has 0 aliphatic carbocycles. The molecule has 0 aromatic heterocycles. The number of carbonyl (C=O) groups is 3. The minimum atomic E-state index is -0.799. The number of likely N-dealkylation sites (tertiary alicyclic amines) is 2. The summed E-state index contributed by atoms with van der Waals surface area (Å²) in [6.45, 7) is 1.82. The number of nitrogens with zero attached hydrogens (tertiary/aromatic N) is 2. The molecule has 0 radical (unpaired) electrons. The van der Waals surface area contributed by atoms with Gasteiger partial charge in [0.2, 0.25) is 5.91 Å². The second-order valence-corrected chi connectivity index (χ2v) is 5.92. The van der Waals surface area contributed by atoms with E-state index in [2.05, 4.69) is 0 Å². The summed E-state index contributed by atoms with van der Waals surface area (Å²) in [4.78, 5) is 37.9. The van der Waals surface area contributed by atoms with Crippen molar-refractivity contribution >= 4 is 17.9 Å². The van der Waals surface area contributed by atoms with Crippen molar-refractivity contribution in [2.45, 2.75) is 44.6 Å². The lowest BCUT2D eigenvalue weighted by molar-refractivity contribution is -0.137. The van der Waals surface area contributed by atoms with Gasteiger partial charge in [-0.25, -0.2) is 4.79 Å². The normalized spacial score (nSPS) is 25.9. The third-order valence-electron chi connectivity index (χ3n) is 4.38. The summed E-state index contributed by atoms with van der Waals surface area (Å²) < 4.78 is 0. The molecule has 7 nitrogen and oxygen atoms in total. The zero-order valence-electron chi connectivity index (χ0n) is 12.2. The SMILES string of the molecule is NC(=O)C1CCCN1C(=O)N1CCCC(CCC(=O)O)C1. The molecule has 2 atom stereocenters. The molecule has 0 aromatic carbocycles. The van der Waals surface area contributed by atoms with E-state index in [1.165, 1.54) is 0 Å². The molecule has 2 aliphatic heterocycles. The van der Waals surface area contributed by atoms with Crippen molar-refractivity contribution < 1.29 is 19.5 Å². The summed E-state index contributed by atoms with van der Waals surface area (Å²) in [5.41, 5.74) is 5.35. The molecule has 0 aromatic rings. The zero-order valence-corrected chi connectivity index (χ0v) is 12.2. The molecule has 7 heteroatoms. The topological polar surface area (TPSA) is 104 Å². The summed E-state index contributed by atoms with van der Waals surface area (Å²) in [7, 11) is 0. The van der Waals surface area contributed by atoms with Crippen LogP contribution >= 0.6 is 0 Å². The predicted molar refractivity (Wildman–Crippen MR) is 75.5 cm³/mol. The number of hydrogen-bond donors (Lipinski definition) is 2. The molecule has 0 spiro atoms. The fourth-order valence-electron chi connectivity index (χ4n) is 3.28. The molecule has 2 fully saturated rings. The molecular formula is C14H23N3O4. The monoisotopic (exact) mass is 297 g/mol. The first kappa shape index (κ1) is 15.6. The maximum absolute atomic E-state index is 12.5. The Labute approximate surface area is 124 Å². The summed E-state index contributed by atoms with van der Waals surface area (Å²) in [5, 5.41) is 8.75. The van der Waals surface area contributed by atoms with E-state index in [1.54, 1.807) is 9.80 Å². The van der Waals surface area contributed by atoms with E-state index < -0.39 is 17.9 Å². The molecule has 2 heterocycles. The van der Waals surface area contributed by atoms with Crippen molar-refractivity contribution in [1.29, 1.82) is 0 Å². The molecule has 118 valence electrons. The number of rotatable bonds is 4. The van der Waals surface area contributed by atoms with Gasteiger partial charge in [0, 0.05) is 26.1 Å². The minimum absolute atomic E-state index is 0.128. The Hall–Kier alpha value is -1.79. The van der Waals surface area contributed by atoms with Crippen LogP contribution in [0.1, 0.15) is 38.5 Å². The van der Waals surface area contributed by atoms with Crippen LogP contribution in [-0.4, -0.2) is 58.5 Å². The van der Waals surface area contributed by atoms with Gasteiger partial charge >= 0.3 is 12.0 Å². The maximum Gasteiger partial charge on any atom is 0.320 e. The molecular weight excluding hydrogens is 274 g/mol. The van der Waals surface area contributed by atoms with Crippen LogP contribution in [0.15, 0.2) is 0 Å². The average Bonchev–Trinajstić information content (AvgIpc) is 2.94. The number of primary amides is 1. The van der Waals surface area contributed by atoms with E-state index in [9.17, 15) is 14.4 Å². The smallest absolute Gasteiger partial charge is 0.320 e. The second-order valence-electron chi connectivity index (χ2n) is 5.92. The number of piperidine rings is 1. The zero-order chi connectivity index (χ0) is 15.4. The van der Waals surface area contributed by atoms with Crippen molar-refractivity contribution in [3.8, 4) is 0 Å². The van der Waals surface area contributed by atoms with Gasteiger partial charge in [-0.15, -0.1) is 0 Å². The molecule has 2 unspecified atom stereocenters. The summed E-state index contributed by atoms with van der Waals surface area (Å²) in [6, 6.07) is -0.617. The van der Waals surface area contributed by atoms with Gasteiger partial charge in [0.15, 0.2) is 0 Å². The van der Waals surface area contributed by atoms with Gasteiger partial charge in [0.25, 0.3) is 0 Å². The summed E-state index contributed by atoms with van der Waals surface area (Å²) in [5.74, 6) is -1.01. The van der Waals surface area contributed by atoms with E-state index in [0.29, 0.717) is 32.5 Å². The standard InChI is InChI=1S/C14H23N3O4/c15-13(20)11-4-2-8-17(11)14(21)16-7-1-3-10(9-16)5-6-12(18)19/h10-11H,1-9H2,(H2,15,20)(H,18,19). The van der Waals surface area contributed by atoms with Crippen LogP contribution in [0.4, 0.5) is 4.79 Å². The van der Waals surface area contributed by atoms with Gasteiger partial charge < -0.3 is 20.6 Å². The Morgan fingerprint density at radius 3 is 2.52 bits per heavy atom. The Morgan fingerprint density at radius 1 is 1.14 bits per heavy atom. The lowest BCUT2D eigenvalue weighted by atomic mass is 9.93. The first-order valence-corrected chi connectivity index (χ1v) is 7.55. The molecule has 3 amide bonds. The lowest BCUT2D eigenvalue weighted by Crippen LogP contribution is -2.52. The largest absolute Gasteiger partial charge is 0.481 e. The number of aliphatic carboxylic acids is 1. The first-order chi connectivity index (χ1) is 9.99. The van der Waals surface area contributed by atoms with E-state index >= 15 is 0 Å². The minimum Gasteiger partial charge on any atom is -0.481 e. The van der Waals surface area contributed by atoms with Gasteiger partial charge in [0.05, 0.1) is 0 Å². The van der Waals surface area contributed by atoms with Gasteiger partial charge in [-0.3, -0.25) is 9.59 Å². The quantitative estimate of drug-likeness (QED) is 0.794. The molecule has 2 saturated heterocycles. The van der Waals surface area contributed by atoms with Crippen molar-refractivity contribution in [2.24, 2.45) is 11.7 Å². The van der Waals surface area contributed by atoms with Crippen LogP contribution in [0.5, 0.6) is 0 Å². The number of hydrogen-bond acceptors (Lipinski definition) is 3. The Kier molecular flexibility index (Phi) is 5.03. The molecule has 0 saturated carbocycles. The van der Waals surface area contributed by atoms with Gasteiger partial charge in [0.1, 0.15) is 6.04 Å². The van der Waals surface area contributed by atoms with Crippen molar-refractivity contribution in [3.05, 3.63) is 0 Å². The van der Waals surface area contributed by atoms with Crippen molar-refractivity contribution in [1.82, 2.24) is 9.80 Å². The number of urea groups is 1. The van der Waals surface area contributed by atoms with E-state index in [-0.39, 0.29) is 18.4 Å². The average molecular weight is 297 g/mol. The first-order valence-electron chi connectivity index (χ1n) is 7.55. The van der Waals surface area contributed by atoms with Crippen LogP contribution in [0, 0.1) is 5.92 Å². The van der Waals surface area contributed by atoms with E-state index in [1.807, 2.05) is 0 Å². The third kappa shape index (κ3) is 3.86. The van der Waals surface area contributed by atoms with Crippen molar-refractivity contribution in [2.75, 3.05) is 19.6 Å². The highest BCUT2D eigenvalue weighted by Gasteiger charge is 2.36. The van der Waals surface area contributed by atoms with Crippen molar-refractivity contribution in [3.63, 3.8) is 0 Å². The molecule has 0 bridgehead atoms. The van der Waals surface area contributed by atoms with E-state index in [0.717, 1.165) is 19.3 Å². The van der Waals surface area contributed by atoms with Gasteiger partial charge in [-0.1, -0.05) is 0 Å². The van der Waals surface area contributed by atoms with Crippen LogP contribution < -0.4 is 5.73 Å². The van der Waals surface area contributed by atoms with Crippen LogP contribution in [0.3, 0.4) is 0 Å². The maximum atomic E-state index is 12.5. The number of carboxylic acids is 1. The van der Waals surface area contributed by atoms with Crippen LogP contribution in [-0.2, 0) is 9.59 Å². The lowest BCUT2D eigenvalue weighted by Gasteiger charge is -2.36. The molecule has 3 N–H and O–H groups in total. The van der Waals surface area contributed by atoms with Gasteiger partial charge in [-0.05, 0) is 38.0 Å². The number of amides is 3. The molecule has 2 rings (SSSR count). The molecule has 2 aliphatic rings. The number of carbonyl (C=O) groups excluding carboxylic acids is 2. The number of carboxylic acid groups (broad SMARTS) is 1. The van der Waals surface area contributed by atoms with Crippen LogP contribution in [0.25, 0.3) is 0 Å². The van der Waals surface area contributed by atoms with Gasteiger partial charge in [-0.2, -0.15) is 0 Å². The highest BCUT2D eigenvalue weighted by molar-refractivity contribution is 5.86. The fraction of sp³-hybridized carbons (Fsp3) is 0.786. The predicted octanol–water partition coefficient (Wildman–Crippen LogP) is 0.633. The summed E-state index contributed by atoms with van der Waals surface area (Å²) in [6.07, 6.45) is 4.01. The Morgan fingerprint density at radius 2 is 1.86 bits per heavy atom. The number of nitrogens with two attached hydrogens (primary N) is 1. The summed E-state index contributed by atoms with van der Waals surface area (Å²) >= 11 is 0. The Bertz CT molecular complexity index is 426. The molecule has 21 heavy (non-hydrogen) atoms.